The van der Waals surface area contributed by atoms with Crippen molar-refractivity contribution in [2.45, 2.75) is 13.0 Å². The van der Waals surface area contributed by atoms with Crippen LogP contribution in [0.25, 0.3) is 11.3 Å². The molecule has 0 aliphatic carbocycles. The fourth-order valence-corrected chi connectivity index (χ4v) is 3.80. The Hall–Kier alpha value is -3.58. The van der Waals surface area contributed by atoms with Crippen molar-refractivity contribution < 1.29 is 14.3 Å². The first-order chi connectivity index (χ1) is 15.7. The van der Waals surface area contributed by atoms with Gasteiger partial charge in [-0.05, 0) is 42.3 Å². The van der Waals surface area contributed by atoms with Crippen molar-refractivity contribution >= 4 is 11.5 Å². The fraction of sp³-hybridized carbons (Fsp3) is 0.280. The summed E-state index contributed by atoms with van der Waals surface area (Å²) in [6.45, 7) is 2.33. The molecule has 0 spiro atoms. The van der Waals surface area contributed by atoms with Crippen LogP contribution < -0.4 is 14.8 Å². The number of aromatic nitrogens is 2. The average Bonchev–Trinajstić information content (AvgIpc) is 3.34. The van der Waals surface area contributed by atoms with E-state index in [4.69, 9.17) is 9.47 Å². The topological polar surface area (TPSA) is 68.6 Å². The molecule has 32 heavy (non-hydrogen) atoms. The molecule has 0 unspecified atom stereocenters. The molecule has 1 amide bonds. The molecule has 3 aromatic rings. The van der Waals surface area contributed by atoms with Crippen molar-refractivity contribution in [3.8, 4) is 17.2 Å². The second-order valence-electron chi connectivity index (χ2n) is 7.68. The largest absolute Gasteiger partial charge is 0.497 e. The quantitative estimate of drug-likeness (QED) is 0.592. The molecule has 0 atom stereocenters. The van der Waals surface area contributed by atoms with Crippen molar-refractivity contribution in [2.75, 3.05) is 33.9 Å². The van der Waals surface area contributed by atoms with Crippen molar-refractivity contribution in [3.05, 3.63) is 78.1 Å². The molecule has 7 nitrogen and oxygen atoms in total. The third kappa shape index (κ3) is 5.18. The van der Waals surface area contributed by atoms with E-state index in [1.165, 1.54) is 5.57 Å². The zero-order valence-electron chi connectivity index (χ0n) is 18.5. The molecule has 1 aliphatic heterocycles. The summed E-state index contributed by atoms with van der Waals surface area (Å²) in [5.74, 6) is 1.45. The molecule has 2 aromatic carbocycles. The number of nitrogens with zero attached hydrogens (tertiary/aromatic N) is 3. The van der Waals surface area contributed by atoms with E-state index in [9.17, 15) is 4.79 Å². The van der Waals surface area contributed by atoms with Gasteiger partial charge in [-0.1, -0.05) is 24.3 Å². The number of methoxy groups -OCH3 is 2. The van der Waals surface area contributed by atoms with Gasteiger partial charge >= 0.3 is 0 Å². The number of carbonyl (C=O) groups is 1. The highest BCUT2D eigenvalue weighted by Gasteiger charge is 2.17. The van der Waals surface area contributed by atoms with Gasteiger partial charge in [-0.2, -0.15) is 5.10 Å². The maximum absolute atomic E-state index is 12.5. The van der Waals surface area contributed by atoms with E-state index in [2.05, 4.69) is 27.6 Å². The molecule has 0 saturated heterocycles. The van der Waals surface area contributed by atoms with E-state index >= 15 is 0 Å². The lowest BCUT2D eigenvalue weighted by molar-refractivity contribution is -0.122. The van der Waals surface area contributed by atoms with Crippen molar-refractivity contribution in [3.63, 3.8) is 0 Å². The summed E-state index contributed by atoms with van der Waals surface area (Å²) < 4.78 is 12.5. The second-order valence-corrected chi connectivity index (χ2v) is 7.68. The van der Waals surface area contributed by atoms with E-state index in [0.29, 0.717) is 13.1 Å². The number of benzene rings is 2. The summed E-state index contributed by atoms with van der Waals surface area (Å²) in [6.07, 6.45) is 7.04. The predicted octanol–water partition coefficient (Wildman–Crippen LogP) is 3.30. The van der Waals surface area contributed by atoms with Gasteiger partial charge in [0, 0.05) is 37.0 Å². The highest BCUT2D eigenvalue weighted by molar-refractivity contribution is 5.78. The van der Waals surface area contributed by atoms with Gasteiger partial charge in [0.2, 0.25) is 5.91 Å². The molecular formula is C25H28N4O3. The summed E-state index contributed by atoms with van der Waals surface area (Å²) in [7, 11) is 3.24. The van der Waals surface area contributed by atoms with Gasteiger partial charge in [0.1, 0.15) is 11.5 Å². The summed E-state index contributed by atoms with van der Waals surface area (Å²) in [6, 6.07) is 15.6. The van der Waals surface area contributed by atoms with E-state index in [1.54, 1.807) is 14.2 Å². The summed E-state index contributed by atoms with van der Waals surface area (Å²) in [4.78, 5) is 14.6. The number of nitrogens with one attached hydrogen (secondary N) is 1. The molecule has 1 aromatic heterocycles. The maximum atomic E-state index is 12.5. The van der Waals surface area contributed by atoms with Crippen LogP contribution in [0.5, 0.6) is 11.5 Å². The molecule has 0 saturated carbocycles. The second kappa shape index (κ2) is 10.2. The van der Waals surface area contributed by atoms with Crippen LogP contribution in [0.1, 0.15) is 17.5 Å². The summed E-state index contributed by atoms with van der Waals surface area (Å²) >= 11 is 0. The first kappa shape index (κ1) is 21.6. The smallest absolute Gasteiger partial charge is 0.234 e. The molecule has 0 fully saturated rings. The third-order valence-corrected chi connectivity index (χ3v) is 5.60. The highest BCUT2D eigenvalue weighted by atomic mass is 16.5. The molecule has 0 radical (unpaired) electrons. The van der Waals surface area contributed by atoms with Crippen LogP contribution in [0.2, 0.25) is 0 Å². The van der Waals surface area contributed by atoms with Crippen LogP contribution >= 0.6 is 0 Å². The van der Waals surface area contributed by atoms with Crippen molar-refractivity contribution in [1.82, 2.24) is 20.0 Å². The number of carbonyl (C=O) groups excluding carboxylic acids is 1. The normalized spacial score (nSPS) is 14.0. The van der Waals surface area contributed by atoms with E-state index in [1.807, 2.05) is 59.4 Å². The SMILES string of the molecule is COc1ccc(OC)c(CNC(=O)CN2CC=C(c3cnn(-c4ccccc4)c3)CC2)c1. The standard InChI is InChI=1S/C25H28N4O3/c1-31-23-8-9-24(32-2)20(14-23)15-26-25(30)18-28-12-10-19(11-13-28)21-16-27-29(17-21)22-6-4-3-5-7-22/h3-10,14,16-17H,11-13,15,18H2,1-2H3,(H,26,30). The molecule has 1 N–H and O–H groups in total. The Morgan fingerprint density at radius 3 is 2.69 bits per heavy atom. The molecule has 7 heteroatoms. The van der Waals surface area contributed by atoms with Crippen LogP contribution in [-0.4, -0.2) is 54.4 Å². The first-order valence-electron chi connectivity index (χ1n) is 10.7. The van der Waals surface area contributed by atoms with Crippen LogP contribution in [0.4, 0.5) is 0 Å². The lowest BCUT2D eigenvalue weighted by atomic mass is 10.0. The molecular weight excluding hydrogens is 404 g/mol. The molecule has 166 valence electrons. The number of hydrogen-bond acceptors (Lipinski definition) is 5. The van der Waals surface area contributed by atoms with Crippen LogP contribution in [-0.2, 0) is 11.3 Å². The van der Waals surface area contributed by atoms with Gasteiger partial charge < -0.3 is 14.8 Å². The minimum absolute atomic E-state index is 0.0105. The minimum atomic E-state index is -0.0105. The van der Waals surface area contributed by atoms with Crippen LogP contribution in [0.15, 0.2) is 67.0 Å². The van der Waals surface area contributed by atoms with Crippen molar-refractivity contribution in [2.24, 2.45) is 0 Å². The molecule has 1 aliphatic rings. The van der Waals surface area contributed by atoms with Gasteiger partial charge in [-0.3, -0.25) is 9.69 Å². The number of rotatable bonds is 8. The Morgan fingerprint density at radius 2 is 1.97 bits per heavy atom. The Kier molecular flexibility index (Phi) is 6.87. The molecule has 0 bridgehead atoms. The minimum Gasteiger partial charge on any atom is -0.497 e. The fourth-order valence-electron chi connectivity index (χ4n) is 3.80. The van der Waals surface area contributed by atoms with E-state index < -0.39 is 0 Å². The average molecular weight is 433 g/mol. The lowest BCUT2D eigenvalue weighted by Crippen LogP contribution is -2.39. The Bertz CT molecular complexity index is 1090. The summed E-state index contributed by atoms with van der Waals surface area (Å²) in [5, 5.41) is 7.47. The predicted molar refractivity (Wildman–Crippen MR) is 124 cm³/mol. The maximum Gasteiger partial charge on any atom is 0.234 e. The Labute approximate surface area is 188 Å². The zero-order chi connectivity index (χ0) is 22.3. The van der Waals surface area contributed by atoms with Gasteiger partial charge in [-0.15, -0.1) is 0 Å². The first-order valence-corrected chi connectivity index (χ1v) is 10.7. The van der Waals surface area contributed by atoms with Gasteiger partial charge in [0.05, 0.1) is 32.6 Å². The Morgan fingerprint density at radius 1 is 1.12 bits per heavy atom. The van der Waals surface area contributed by atoms with Gasteiger partial charge in [0.15, 0.2) is 0 Å². The Balaban J connectivity index is 1.30. The van der Waals surface area contributed by atoms with Crippen molar-refractivity contribution in [1.29, 1.82) is 0 Å². The van der Waals surface area contributed by atoms with Crippen LogP contribution in [0, 0.1) is 0 Å². The number of ether oxygens (including phenoxy) is 2. The van der Waals surface area contributed by atoms with Crippen LogP contribution in [0.3, 0.4) is 0 Å². The number of para-hydroxylation sites is 1. The van der Waals surface area contributed by atoms with E-state index in [0.717, 1.165) is 47.8 Å². The monoisotopic (exact) mass is 432 g/mol. The zero-order valence-corrected chi connectivity index (χ0v) is 18.5. The van der Waals surface area contributed by atoms with E-state index in [-0.39, 0.29) is 5.91 Å². The third-order valence-electron chi connectivity index (χ3n) is 5.60. The number of hydrogen-bond donors (Lipinski definition) is 1. The summed E-state index contributed by atoms with van der Waals surface area (Å²) in [5.41, 5.74) is 4.32. The molecule has 2 heterocycles. The lowest BCUT2D eigenvalue weighted by Gasteiger charge is -2.25. The highest BCUT2D eigenvalue weighted by Crippen LogP contribution is 2.24. The number of amides is 1. The van der Waals surface area contributed by atoms with Gasteiger partial charge in [-0.25, -0.2) is 4.68 Å². The molecule has 4 rings (SSSR count). The van der Waals surface area contributed by atoms with Gasteiger partial charge in [0.25, 0.3) is 0 Å².